The van der Waals surface area contributed by atoms with Crippen LogP contribution in [0, 0.1) is 0 Å². The molecule has 4 aromatic rings. The molecular formula is C30H29Cl2N3O4S. The lowest BCUT2D eigenvalue weighted by Gasteiger charge is -2.31. The van der Waals surface area contributed by atoms with Gasteiger partial charge in [0.15, 0.2) is 5.75 Å². The largest absolute Gasteiger partial charge is 0.480 e. The number of piperidine rings is 1. The fourth-order valence-electron chi connectivity index (χ4n) is 5.87. The highest BCUT2D eigenvalue weighted by Gasteiger charge is 2.35. The molecule has 2 heterocycles. The van der Waals surface area contributed by atoms with E-state index in [9.17, 15) is 13.2 Å². The van der Waals surface area contributed by atoms with Crippen molar-refractivity contribution in [3.63, 3.8) is 0 Å². The number of fused-ring (bicyclic) bond motifs is 1. The van der Waals surface area contributed by atoms with Crippen molar-refractivity contribution < 1.29 is 18.3 Å². The van der Waals surface area contributed by atoms with Crippen LogP contribution in [0.3, 0.4) is 0 Å². The topological polar surface area (TPSA) is 92.5 Å². The van der Waals surface area contributed by atoms with Crippen LogP contribution in [0.1, 0.15) is 65.9 Å². The number of sulfonamides is 1. The summed E-state index contributed by atoms with van der Waals surface area (Å²) in [6.45, 7) is 0.602. The predicted molar refractivity (Wildman–Crippen MR) is 157 cm³/mol. The Morgan fingerprint density at radius 3 is 1.95 bits per heavy atom. The minimum Gasteiger partial charge on any atom is -0.480 e. The van der Waals surface area contributed by atoms with E-state index in [-0.39, 0.29) is 11.8 Å². The van der Waals surface area contributed by atoms with E-state index in [1.165, 1.54) is 4.31 Å². The highest BCUT2D eigenvalue weighted by Crippen LogP contribution is 2.43. The lowest BCUT2D eigenvalue weighted by molar-refractivity contribution is -0.134. The van der Waals surface area contributed by atoms with Crippen molar-refractivity contribution in [1.82, 2.24) is 14.1 Å². The second kappa shape index (κ2) is 10.8. The summed E-state index contributed by atoms with van der Waals surface area (Å²) in [6, 6.07) is 22.6. The molecule has 1 saturated heterocycles. The van der Waals surface area contributed by atoms with Gasteiger partial charge in [-0.3, -0.25) is 9.48 Å². The van der Waals surface area contributed by atoms with Crippen LogP contribution in [0.25, 0.3) is 10.9 Å². The van der Waals surface area contributed by atoms with Crippen molar-refractivity contribution in [2.24, 2.45) is 0 Å². The number of carboxylic acids is 1. The summed E-state index contributed by atoms with van der Waals surface area (Å²) in [5, 5.41) is 16.5. The zero-order chi connectivity index (χ0) is 28.0. The molecule has 1 aromatic heterocycles. The molecule has 6 rings (SSSR count). The van der Waals surface area contributed by atoms with Crippen LogP contribution in [0.5, 0.6) is 0 Å². The van der Waals surface area contributed by atoms with Crippen molar-refractivity contribution in [2.45, 2.75) is 43.6 Å². The summed E-state index contributed by atoms with van der Waals surface area (Å²) in [5.41, 5.74) is 5.42. The molecule has 1 saturated carbocycles. The zero-order valence-corrected chi connectivity index (χ0v) is 24.0. The van der Waals surface area contributed by atoms with Gasteiger partial charge in [-0.25, -0.2) is 12.7 Å². The first-order valence-corrected chi connectivity index (χ1v) is 15.8. The van der Waals surface area contributed by atoms with Crippen LogP contribution in [0.15, 0.2) is 66.7 Å². The van der Waals surface area contributed by atoms with Crippen LogP contribution in [-0.2, 0) is 14.8 Å². The summed E-state index contributed by atoms with van der Waals surface area (Å²) >= 11 is 12.4. The Balaban J connectivity index is 1.40. The van der Waals surface area contributed by atoms with E-state index in [1.807, 2.05) is 48.5 Å². The molecule has 10 heteroatoms. The van der Waals surface area contributed by atoms with Gasteiger partial charge in [-0.15, -0.1) is 0 Å². The van der Waals surface area contributed by atoms with Crippen LogP contribution in [0.4, 0.5) is 0 Å². The molecule has 208 valence electrons. The quantitative estimate of drug-likeness (QED) is 0.235. The number of halogens is 2. The number of hydrogen-bond acceptors (Lipinski definition) is 4. The Hall–Kier alpha value is -2.91. The van der Waals surface area contributed by atoms with Gasteiger partial charge in [0.05, 0.1) is 11.6 Å². The van der Waals surface area contributed by atoms with Crippen LogP contribution >= 0.6 is 23.2 Å². The third-order valence-corrected chi connectivity index (χ3v) is 10.2. The molecule has 1 aliphatic heterocycles. The molecule has 0 amide bonds. The van der Waals surface area contributed by atoms with Gasteiger partial charge in [0.25, 0.3) is 0 Å². The molecule has 0 radical (unpaired) electrons. The fourth-order valence-corrected chi connectivity index (χ4v) is 7.38. The SMILES string of the molecule is O=C(O)CS(=O)(=O)N1CCC(c2c3cc(C(c4ccc(Cl)cc4)c4ccc(Cl)cc4)ccc3nn2C2CC2)CC1. The van der Waals surface area contributed by atoms with E-state index < -0.39 is 21.7 Å². The van der Waals surface area contributed by atoms with Crippen LogP contribution in [-0.4, -0.2) is 52.4 Å². The number of nitrogens with zero attached hydrogens (tertiary/aromatic N) is 3. The van der Waals surface area contributed by atoms with Gasteiger partial charge in [0.2, 0.25) is 10.0 Å². The number of benzene rings is 3. The number of hydrogen-bond donors (Lipinski definition) is 1. The van der Waals surface area contributed by atoms with E-state index in [1.54, 1.807) is 0 Å². The molecule has 0 atom stereocenters. The number of aromatic nitrogens is 2. The number of rotatable bonds is 8. The third kappa shape index (κ3) is 5.50. The van der Waals surface area contributed by atoms with Gasteiger partial charge in [-0.2, -0.15) is 5.10 Å². The fraction of sp³-hybridized carbons (Fsp3) is 0.333. The Labute approximate surface area is 243 Å². The van der Waals surface area contributed by atoms with Crippen molar-refractivity contribution in [3.05, 3.63) is 99.2 Å². The van der Waals surface area contributed by atoms with Crippen molar-refractivity contribution in [3.8, 4) is 0 Å². The van der Waals surface area contributed by atoms with E-state index in [0.29, 0.717) is 42.0 Å². The van der Waals surface area contributed by atoms with E-state index in [0.717, 1.165) is 46.1 Å². The highest BCUT2D eigenvalue weighted by atomic mass is 35.5. The summed E-state index contributed by atoms with van der Waals surface area (Å²) in [4.78, 5) is 11.1. The van der Waals surface area contributed by atoms with Crippen molar-refractivity contribution in [2.75, 3.05) is 18.8 Å². The second-order valence-corrected chi connectivity index (χ2v) is 13.5. The molecule has 2 aliphatic rings. The molecule has 0 bridgehead atoms. The monoisotopic (exact) mass is 597 g/mol. The first kappa shape index (κ1) is 27.3. The standard InChI is InChI=1S/C30H29Cl2N3O4S/c31-23-6-1-19(2-7-23)29(20-3-8-24(32)9-4-20)22-5-12-27-26(17-22)30(35(33-27)25-10-11-25)21-13-15-34(16-14-21)40(38,39)18-28(36)37/h1-9,12,17,21,25,29H,10-11,13-16,18H2,(H,36,37). The maximum atomic E-state index is 12.5. The summed E-state index contributed by atoms with van der Waals surface area (Å²) in [7, 11) is -3.82. The van der Waals surface area contributed by atoms with Crippen molar-refractivity contribution in [1.29, 1.82) is 0 Å². The van der Waals surface area contributed by atoms with Gasteiger partial charge in [0.1, 0.15) is 0 Å². The second-order valence-electron chi connectivity index (χ2n) is 10.7. The molecule has 0 unspecified atom stereocenters. The Kier molecular flexibility index (Phi) is 7.38. The van der Waals surface area contributed by atoms with Crippen molar-refractivity contribution >= 4 is 50.1 Å². The lowest BCUT2D eigenvalue weighted by atomic mass is 9.84. The average molecular weight is 599 g/mol. The van der Waals surface area contributed by atoms with E-state index in [4.69, 9.17) is 33.4 Å². The molecule has 3 aromatic carbocycles. The first-order chi connectivity index (χ1) is 19.2. The van der Waals surface area contributed by atoms with Crippen LogP contribution < -0.4 is 0 Å². The number of aliphatic carboxylic acids is 1. The molecule has 0 spiro atoms. The average Bonchev–Trinajstić information content (AvgIpc) is 3.70. The smallest absolute Gasteiger partial charge is 0.320 e. The number of carbonyl (C=O) groups is 1. The van der Waals surface area contributed by atoms with Gasteiger partial charge < -0.3 is 5.11 Å². The Morgan fingerprint density at radius 2 is 1.43 bits per heavy atom. The summed E-state index contributed by atoms with van der Waals surface area (Å²) < 4.78 is 28.5. The van der Waals surface area contributed by atoms with Gasteiger partial charge in [-0.1, -0.05) is 53.5 Å². The zero-order valence-electron chi connectivity index (χ0n) is 21.7. The predicted octanol–water partition coefficient (Wildman–Crippen LogP) is 6.45. The normalized spacial score (nSPS) is 17.1. The van der Waals surface area contributed by atoms with Crippen LogP contribution in [0.2, 0.25) is 10.0 Å². The maximum absolute atomic E-state index is 12.5. The minimum absolute atomic E-state index is 0.0425. The van der Waals surface area contributed by atoms with Gasteiger partial charge >= 0.3 is 5.97 Å². The molecular weight excluding hydrogens is 569 g/mol. The van der Waals surface area contributed by atoms with E-state index >= 15 is 0 Å². The third-order valence-electron chi connectivity index (χ3n) is 7.93. The highest BCUT2D eigenvalue weighted by molar-refractivity contribution is 7.89. The Morgan fingerprint density at radius 1 is 0.875 bits per heavy atom. The minimum atomic E-state index is -3.82. The van der Waals surface area contributed by atoms with Gasteiger partial charge in [-0.05, 0) is 78.8 Å². The maximum Gasteiger partial charge on any atom is 0.320 e. The molecule has 2 fully saturated rings. The molecule has 1 aliphatic carbocycles. The Bertz CT molecular complexity index is 1610. The molecule has 1 N–H and O–H groups in total. The molecule has 40 heavy (non-hydrogen) atoms. The number of carboxylic acid groups (broad SMARTS) is 1. The summed E-state index contributed by atoms with van der Waals surface area (Å²) in [6.07, 6.45) is 3.40. The lowest BCUT2D eigenvalue weighted by Crippen LogP contribution is -2.41. The first-order valence-electron chi connectivity index (χ1n) is 13.4. The van der Waals surface area contributed by atoms with E-state index in [2.05, 4.69) is 22.9 Å². The van der Waals surface area contributed by atoms with Gasteiger partial charge in [0, 0.05) is 46.1 Å². The molecule has 7 nitrogen and oxygen atoms in total. The summed E-state index contributed by atoms with van der Waals surface area (Å²) in [5.74, 6) is -2.12.